The van der Waals surface area contributed by atoms with Gasteiger partial charge in [-0.3, -0.25) is 0 Å². The van der Waals surface area contributed by atoms with Crippen LogP contribution in [0.4, 0.5) is 0 Å². The normalized spacial score (nSPS) is 15.4. The van der Waals surface area contributed by atoms with E-state index in [1.54, 1.807) is 6.92 Å². The summed E-state index contributed by atoms with van der Waals surface area (Å²) < 4.78 is 29.2. The van der Waals surface area contributed by atoms with Gasteiger partial charge in [0, 0.05) is 26.6 Å². The Morgan fingerprint density at radius 3 is 2.62 bits per heavy atom. The van der Waals surface area contributed by atoms with Crippen molar-refractivity contribution in [1.82, 2.24) is 4.31 Å². The first-order valence-corrected chi connectivity index (χ1v) is 6.36. The molecular formula is C8H19N3O4S. The fraction of sp³-hybridized carbons (Fsp3) is 0.875. The minimum Gasteiger partial charge on any atom is -0.409 e. The molecule has 0 saturated heterocycles. The maximum atomic E-state index is 11.6. The quantitative estimate of drug-likeness (QED) is 0.269. The molecule has 0 aliphatic carbocycles. The van der Waals surface area contributed by atoms with Crippen LogP contribution in [0.5, 0.6) is 0 Å². The van der Waals surface area contributed by atoms with Gasteiger partial charge >= 0.3 is 0 Å². The van der Waals surface area contributed by atoms with Gasteiger partial charge in [-0.25, -0.2) is 12.7 Å². The number of oxime groups is 1. The molecule has 3 N–H and O–H groups in total. The Hall–Kier alpha value is -0.860. The van der Waals surface area contributed by atoms with Gasteiger partial charge < -0.3 is 15.7 Å². The number of sulfonamides is 1. The lowest BCUT2D eigenvalue weighted by atomic mass is 10.2. The molecule has 0 radical (unpaired) electrons. The largest absolute Gasteiger partial charge is 0.409 e. The molecule has 0 fully saturated rings. The van der Waals surface area contributed by atoms with Crippen LogP contribution < -0.4 is 5.73 Å². The molecule has 8 heteroatoms. The fourth-order valence-corrected chi connectivity index (χ4v) is 2.18. The molecule has 1 atom stereocenters. The van der Waals surface area contributed by atoms with Crippen molar-refractivity contribution in [3.05, 3.63) is 0 Å². The lowest BCUT2D eigenvalue weighted by Crippen LogP contribution is -2.38. The van der Waals surface area contributed by atoms with Crippen LogP contribution in [-0.2, 0) is 14.8 Å². The second-order valence-corrected chi connectivity index (χ2v) is 5.71. The third-order valence-electron chi connectivity index (χ3n) is 2.17. The molecule has 16 heavy (non-hydrogen) atoms. The number of nitrogens with zero attached hydrogens (tertiary/aromatic N) is 2. The fourth-order valence-electron chi connectivity index (χ4n) is 1.04. The molecule has 0 amide bonds. The minimum atomic E-state index is -3.34. The summed E-state index contributed by atoms with van der Waals surface area (Å²) in [5, 5.41) is 11.3. The summed E-state index contributed by atoms with van der Waals surface area (Å²) in [4.78, 5) is 0. The smallest absolute Gasteiger partial charge is 0.216 e. The van der Waals surface area contributed by atoms with Crippen molar-refractivity contribution < 1.29 is 18.4 Å². The zero-order valence-electron chi connectivity index (χ0n) is 9.75. The van der Waals surface area contributed by atoms with E-state index < -0.39 is 10.0 Å². The van der Waals surface area contributed by atoms with E-state index in [4.69, 9.17) is 15.7 Å². The molecule has 0 aliphatic rings. The van der Waals surface area contributed by atoms with Crippen LogP contribution >= 0.6 is 0 Å². The molecule has 1 unspecified atom stereocenters. The Balaban J connectivity index is 4.40. The van der Waals surface area contributed by atoms with Gasteiger partial charge in [-0.1, -0.05) is 12.1 Å². The second-order valence-electron chi connectivity index (χ2n) is 3.52. The van der Waals surface area contributed by atoms with E-state index in [1.807, 2.05) is 0 Å². The number of amidine groups is 1. The minimum absolute atomic E-state index is 0.00814. The van der Waals surface area contributed by atoms with E-state index in [-0.39, 0.29) is 30.7 Å². The maximum absolute atomic E-state index is 11.6. The highest BCUT2D eigenvalue weighted by Crippen LogP contribution is 2.04. The second kappa shape index (κ2) is 6.66. The molecule has 0 heterocycles. The van der Waals surface area contributed by atoms with Crippen LogP contribution in [0.15, 0.2) is 5.16 Å². The van der Waals surface area contributed by atoms with Crippen LogP contribution in [0.1, 0.15) is 6.92 Å². The number of rotatable bonds is 7. The van der Waals surface area contributed by atoms with Crippen LogP contribution in [0.2, 0.25) is 0 Å². The Kier molecular flexibility index (Phi) is 6.31. The summed E-state index contributed by atoms with van der Waals surface area (Å²) in [6.45, 7) is 1.99. The summed E-state index contributed by atoms with van der Waals surface area (Å²) in [5.41, 5.74) is 5.36. The molecule has 0 aromatic rings. The van der Waals surface area contributed by atoms with Crippen LogP contribution in [0.3, 0.4) is 0 Å². The van der Waals surface area contributed by atoms with Crippen LogP contribution in [0.25, 0.3) is 0 Å². The predicted molar refractivity (Wildman–Crippen MR) is 60.9 cm³/mol. The van der Waals surface area contributed by atoms with E-state index in [9.17, 15) is 8.42 Å². The summed E-state index contributed by atoms with van der Waals surface area (Å²) >= 11 is 0. The van der Waals surface area contributed by atoms with Crippen molar-refractivity contribution >= 4 is 15.9 Å². The molecular weight excluding hydrogens is 234 g/mol. The summed E-state index contributed by atoms with van der Waals surface area (Å²) in [7, 11) is -0.454. The average molecular weight is 253 g/mol. The summed E-state index contributed by atoms with van der Waals surface area (Å²) in [6.07, 6.45) is 0. The number of hydrogen-bond acceptors (Lipinski definition) is 5. The molecule has 0 saturated carbocycles. The van der Waals surface area contributed by atoms with Gasteiger partial charge in [0.1, 0.15) is 5.84 Å². The van der Waals surface area contributed by atoms with Gasteiger partial charge in [0.15, 0.2) is 0 Å². The Morgan fingerprint density at radius 2 is 2.19 bits per heavy atom. The highest BCUT2D eigenvalue weighted by atomic mass is 32.2. The summed E-state index contributed by atoms with van der Waals surface area (Å²) in [6, 6.07) is 0. The first-order chi connectivity index (χ1) is 7.35. The Labute approximate surface area is 95.9 Å². The molecule has 0 aromatic heterocycles. The number of ether oxygens (including phenoxy) is 1. The van der Waals surface area contributed by atoms with Gasteiger partial charge in [-0.05, 0) is 0 Å². The van der Waals surface area contributed by atoms with Gasteiger partial charge in [0.05, 0.1) is 12.4 Å². The van der Waals surface area contributed by atoms with Crippen molar-refractivity contribution in [2.24, 2.45) is 16.8 Å². The van der Waals surface area contributed by atoms with Gasteiger partial charge in [-0.2, -0.15) is 0 Å². The van der Waals surface area contributed by atoms with E-state index in [0.29, 0.717) is 0 Å². The highest BCUT2D eigenvalue weighted by molar-refractivity contribution is 7.89. The standard InChI is InChI=1S/C8H19N3O4S/c1-7(8(9)10-12)6-11(2)16(13,14)5-4-15-3/h7,12H,4-6H2,1-3H3,(H2,9,10). The highest BCUT2D eigenvalue weighted by Gasteiger charge is 2.21. The van der Waals surface area contributed by atoms with Crippen LogP contribution in [0, 0.1) is 5.92 Å². The van der Waals surface area contributed by atoms with Crippen molar-refractivity contribution in [1.29, 1.82) is 0 Å². The van der Waals surface area contributed by atoms with Crippen molar-refractivity contribution in [2.45, 2.75) is 6.92 Å². The molecule has 0 spiro atoms. The average Bonchev–Trinajstić information content (AvgIpc) is 2.24. The van der Waals surface area contributed by atoms with E-state index in [0.717, 1.165) is 0 Å². The number of methoxy groups -OCH3 is 1. The maximum Gasteiger partial charge on any atom is 0.216 e. The van der Waals surface area contributed by atoms with Crippen LogP contribution in [-0.4, -0.2) is 56.8 Å². The van der Waals surface area contributed by atoms with Crippen molar-refractivity contribution in [2.75, 3.05) is 33.1 Å². The van der Waals surface area contributed by atoms with Gasteiger partial charge in [0.2, 0.25) is 10.0 Å². The monoisotopic (exact) mass is 253 g/mol. The van der Waals surface area contributed by atoms with Crippen molar-refractivity contribution in [3.8, 4) is 0 Å². The lowest BCUT2D eigenvalue weighted by Gasteiger charge is -2.20. The third-order valence-corrected chi connectivity index (χ3v) is 3.95. The predicted octanol–water partition coefficient (Wildman–Crippen LogP) is -0.723. The third kappa shape index (κ3) is 4.77. The molecule has 96 valence electrons. The first-order valence-electron chi connectivity index (χ1n) is 4.75. The lowest BCUT2D eigenvalue weighted by molar-refractivity contribution is 0.215. The topological polar surface area (TPSA) is 105 Å². The van der Waals surface area contributed by atoms with E-state index in [1.165, 1.54) is 18.5 Å². The molecule has 7 nitrogen and oxygen atoms in total. The number of hydrogen-bond donors (Lipinski definition) is 2. The first kappa shape index (κ1) is 15.1. The SMILES string of the molecule is COCCS(=O)(=O)N(C)CC(C)C(N)=NO. The van der Waals surface area contributed by atoms with Crippen molar-refractivity contribution in [3.63, 3.8) is 0 Å². The zero-order chi connectivity index (χ0) is 12.8. The molecule has 0 aromatic carbocycles. The Morgan fingerprint density at radius 1 is 1.62 bits per heavy atom. The number of nitrogens with two attached hydrogens (primary N) is 1. The molecule has 0 aliphatic heterocycles. The zero-order valence-corrected chi connectivity index (χ0v) is 10.6. The van der Waals surface area contributed by atoms with Gasteiger partial charge in [0.25, 0.3) is 0 Å². The molecule has 0 bridgehead atoms. The summed E-state index contributed by atoms with van der Waals surface area (Å²) in [5.74, 6) is -0.413. The molecule has 0 rings (SSSR count). The van der Waals surface area contributed by atoms with E-state index in [2.05, 4.69) is 5.16 Å². The van der Waals surface area contributed by atoms with E-state index >= 15 is 0 Å². The Bertz CT molecular complexity index is 328. The van der Waals surface area contributed by atoms with Gasteiger partial charge in [-0.15, -0.1) is 0 Å².